The zero-order valence-electron chi connectivity index (χ0n) is 15.7. The van der Waals surface area contributed by atoms with E-state index in [9.17, 15) is 31.9 Å². The van der Waals surface area contributed by atoms with Crippen molar-refractivity contribution in [1.29, 1.82) is 0 Å². The summed E-state index contributed by atoms with van der Waals surface area (Å²) in [4.78, 5) is 37.4. The monoisotopic (exact) mass is 458 g/mol. The molecule has 1 heterocycles. The number of amides is 2. The molecule has 6 nitrogen and oxygen atoms in total. The second-order valence-corrected chi connectivity index (χ2v) is 7.11. The van der Waals surface area contributed by atoms with Crippen LogP contribution in [0.2, 0.25) is 5.02 Å². The molecule has 1 atom stereocenters. The van der Waals surface area contributed by atoms with Crippen molar-refractivity contribution in [3.05, 3.63) is 58.9 Å². The fraction of sp³-hybridized carbons (Fsp3) is 0.250. The van der Waals surface area contributed by atoms with Gasteiger partial charge >= 0.3 is 12.1 Å². The maximum Gasteiger partial charge on any atom is 0.416 e. The van der Waals surface area contributed by atoms with Crippen molar-refractivity contribution in [1.82, 2.24) is 0 Å². The van der Waals surface area contributed by atoms with Gasteiger partial charge in [-0.05, 0) is 30.3 Å². The normalized spacial score (nSPS) is 16.4. The molecule has 0 radical (unpaired) electrons. The fourth-order valence-corrected chi connectivity index (χ4v) is 3.17. The van der Waals surface area contributed by atoms with E-state index in [0.29, 0.717) is 6.07 Å². The molecule has 164 valence electrons. The Morgan fingerprint density at radius 1 is 1.19 bits per heavy atom. The molecule has 0 bridgehead atoms. The van der Waals surface area contributed by atoms with E-state index in [1.54, 1.807) is 6.07 Å². The molecule has 2 aromatic rings. The Labute approximate surface area is 178 Å². The molecule has 2 aromatic carbocycles. The van der Waals surface area contributed by atoms with Gasteiger partial charge in [0.05, 0.1) is 27.9 Å². The molecule has 1 aliphatic heterocycles. The SMILES string of the molecule is O=C(COC(=O)[C@H]1CC(=O)N(c2ccccc2F)C1)Nc1cc(C(F)(F)F)ccc1Cl. The molecule has 1 N–H and O–H groups in total. The summed E-state index contributed by atoms with van der Waals surface area (Å²) in [5.41, 5.74) is -1.28. The van der Waals surface area contributed by atoms with Gasteiger partial charge in [0.2, 0.25) is 5.91 Å². The van der Waals surface area contributed by atoms with Crippen LogP contribution in [-0.2, 0) is 25.3 Å². The van der Waals surface area contributed by atoms with Crippen molar-refractivity contribution in [3.63, 3.8) is 0 Å². The predicted molar refractivity (Wildman–Crippen MR) is 103 cm³/mol. The van der Waals surface area contributed by atoms with Gasteiger partial charge in [0.25, 0.3) is 5.91 Å². The third kappa shape index (κ3) is 5.32. The summed E-state index contributed by atoms with van der Waals surface area (Å²) >= 11 is 5.80. The third-order valence-corrected chi connectivity index (χ3v) is 4.84. The molecule has 3 rings (SSSR count). The van der Waals surface area contributed by atoms with E-state index < -0.39 is 47.9 Å². The molecule has 11 heteroatoms. The van der Waals surface area contributed by atoms with Gasteiger partial charge in [-0.25, -0.2) is 4.39 Å². The highest BCUT2D eigenvalue weighted by Crippen LogP contribution is 2.34. The molecular formula is C20H15ClF4N2O4. The highest BCUT2D eigenvalue weighted by Gasteiger charge is 2.37. The van der Waals surface area contributed by atoms with Gasteiger partial charge in [-0.3, -0.25) is 14.4 Å². The summed E-state index contributed by atoms with van der Waals surface area (Å²) in [7, 11) is 0. The van der Waals surface area contributed by atoms with Crippen molar-refractivity contribution < 1.29 is 36.7 Å². The second-order valence-electron chi connectivity index (χ2n) is 6.71. The number of esters is 1. The minimum atomic E-state index is -4.63. The van der Waals surface area contributed by atoms with Crippen LogP contribution in [0.5, 0.6) is 0 Å². The zero-order valence-corrected chi connectivity index (χ0v) is 16.5. The average Bonchev–Trinajstić information content (AvgIpc) is 3.09. The average molecular weight is 459 g/mol. The van der Waals surface area contributed by atoms with E-state index in [0.717, 1.165) is 17.0 Å². The van der Waals surface area contributed by atoms with Gasteiger partial charge in [-0.1, -0.05) is 23.7 Å². The molecule has 31 heavy (non-hydrogen) atoms. The molecule has 0 aromatic heterocycles. The van der Waals surface area contributed by atoms with Crippen LogP contribution in [0, 0.1) is 11.7 Å². The minimum Gasteiger partial charge on any atom is -0.455 e. The highest BCUT2D eigenvalue weighted by atomic mass is 35.5. The van der Waals surface area contributed by atoms with Crippen LogP contribution in [0.15, 0.2) is 42.5 Å². The maximum absolute atomic E-state index is 13.9. The Balaban J connectivity index is 1.57. The molecule has 2 amide bonds. The van der Waals surface area contributed by atoms with Crippen LogP contribution in [-0.4, -0.2) is 30.9 Å². The number of anilines is 2. The number of carbonyl (C=O) groups is 3. The molecule has 0 spiro atoms. The molecule has 0 aliphatic carbocycles. The summed E-state index contributed by atoms with van der Waals surface area (Å²) in [6.07, 6.45) is -4.86. The molecular weight excluding hydrogens is 444 g/mol. The number of para-hydroxylation sites is 1. The summed E-state index contributed by atoms with van der Waals surface area (Å²) in [5.74, 6) is -3.80. The summed E-state index contributed by atoms with van der Waals surface area (Å²) in [6, 6.07) is 7.97. The molecule has 0 unspecified atom stereocenters. The van der Waals surface area contributed by atoms with Gasteiger partial charge in [0.1, 0.15) is 5.82 Å². The summed E-state index contributed by atoms with van der Waals surface area (Å²) < 4.78 is 57.1. The van der Waals surface area contributed by atoms with Crippen molar-refractivity contribution in [2.75, 3.05) is 23.4 Å². The lowest BCUT2D eigenvalue weighted by atomic mass is 10.1. The van der Waals surface area contributed by atoms with Gasteiger partial charge in [-0.2, -0.15) is 13.2 Å². The van der Waals surface area contributed by atoms with Gasteiger partial charge < -0.3 is 15.0 Å². The van der Waals surface area contributed by atoms with Crippen LogP contribution in [0.3, 0.4) is 0 Å². The van der Waals surface area contributed by atoms with Gasteiger partial charge in [0.15, 0.2) is 6.61 Å². The quantitative estimate of drug-likeness (QED) is 0.542. The molecule has 0 saturated carbocycles. The van der Waals surface area contributed by atoms with Crippen molar-refractivity contribution in [2.45, 2.75) is 12.6 Å². The Kier molecular flexibility index (Phi) is 6.49. The summed E-state index contributed by atoms with van der Waals surface area (Å²) in [5, 5.41) is 2.01. The number of hydrogen-bond acceptors (Lipinski definition) is 4. The second kappa shape index (κ2) is 8.93. The smallest absolute Gasteiger partial charge is 0.416 e. The van der Waals surface area contributed by atoms with Crippen molar-refractivity contribution in [3.8, 4) is 0 Å². The van der Waals surface area contributed by atoms with E-state index in [1.807, 2.05) is 0 Å². The first-order valence-electron chi connectivity index (χ1n) is 8.94. The van der Waals surface area contributed by atoms with E-state index in [1.165, 1.54) is 18.2 Å². The number of ether oxygens (including phenoxy) is 1. The Hall–Kier alpha value is -3.14. The van der Waals surface area contributed by atoms with Gasteiger partial charge in [0, 0.05) is 13.0 Å². The first-order valence-corrected chi connectivity index (χ1v) is 9.32. The van der Waals surface area contributed by atoms with Crippen molar-refractivity contribution in [2.24, 2.45) is 5.92 Å². The van der Waals surface area contributed by atoms with Gasteiger partial charge in [-0.15, -0.1) is 0 Å². The Morgan fingerprint density at radius 2 is 1.90 bits per heavy atom. The third-order valence-electron chi connectivity index (χ3n) is 4.51. The minimum absolute atomic E-state index is 0.0275. The number of nitrogens with zero attached hydrogens (tertiary/aromatic N) is 1. The van der Waals surface area contributed by atoms with E-state index in [2.05, 4.69) is 5.32 Å². The Morgan fingerprint density at radius 3 is 2.58 bits per heavy atom. The van der Waals surface area contributed by atoms with Crippen LogP contribution >= 0.6 is 11.6 Å². The number of alkyl halides is 3. The first kappa shape index (κ1) is 22.5. The van der Waals surface area contributed by atoms with Crippen LogP contribution in [0.4, 0.5) is 28.9 Å². The van der Waals surface area contributed by atoms with Crippen LogP contribution in [0.25, 0.3) is 0 Å². The number of carbonyl (C=O) groups excluding carboxylic acids is 3. The Bertz CT molecular complexity index is 1030. The number of hydrogen-bond donors (Lipinski definition) is 1. The maximum atomic E-state index is 13.9. The largest absolute Gasteiger partial charge is 0.455 e. The number of halogens is 5. The topological polar surface area (TPSA) is 75.7 Å². The molecule has 1 fully saturated rings. The lowest BCUT2D eigenvalue weighted by molar-refractivity contribution is -0.151. The number of nitrogens with one attached hydrogen (secondary N) is 1. The van der Waals surface area contributed by atoms with E-state index in [-0.39, 0.29) is 29.4 Å². The van der Waals surface area contributed by atoms with Crippen molar-refractivity contribution >= 4 is 40.8 Å². The first-order chi connectivity index (χ1) is 14.6. The lowest BCUT2D eigenvalue weighted by Crippen LogP contribution is -2.28. The standard InChI is InChI=1S/C20H15ClF4N2O4/c21-13-6-5-12(20(23,24)25)8-15(13)26-17(28)10-31-19(30)11-7-18(29)27(9-11)16-4-2-1-3-14(16)22/h1-6,8,11H,7,9-10H2,(H,26,28)/t11-/m0/s1. The van der Waals surface area contributed by atoms with E-state index >= 15 is 0 Å². The fourth-order valence-electron chi connectivity index (χ4n) is 3.01. The number of benzene rings is 2. The van der Waals surface area contributed by atoms with Crippen LogP contribution in [0.1, 0.15) is 12.0 Å². The van der Waals surface area contributed by atoms with E-state index in [4.69, 9.17) is 16.3 Å². The van der Waals surface area contributed by atoms with Crippen LogP contribution < -0.4 is 10.2 Å². The zero-order chi connectivity index (χ0) is 22.8. The summed E-state index contributed by atoms with van der Waals surface area (Å²) in [6.45, 7) is -0.921. The number of rotatable bonds is 5. The predicted octanol–water partition coefficient (Wildman–Crippen LogP) is 4.03. The lowest BCUT2D eigenvalue weighted by Gasteiger charge is -2.17. The highest BCUT2D eigenvalue weighted by molar-refractivity contribution is 6.33. The molecule has 1 saturated heterocycles. The molecule has 1 aliphatic rings.